The predicted molar refractivity (Wildman–Crippen MR) is 64.9 cm³/mol. The van der Waals surface area contributed by atoms with Crippen LogP contribution in [0.3, 0.4) is 0 Å². The number of alkyl halides is 3. The summed E-state index contributed by atoms with van der Waals surface area (Å²) in [5.41, 5.74) is -1.86. The standard InChI is InChI=1S/C13H12F4N2O2/c14-9-4-3-7(13(15,16)17)6-8(9)11(20)19-10-2-1-5-18-12(10)21/h3-4,6,10H,1-2,5H2,(H,18,21)(H,19,20). The maximum atomic E-state index is 13.5. The zero-order valence-corrected chi connectivity index (χ0v) is 10.8. The summed E-state index contributed by atoms with van der Waals surface area (Å²) in [7, 11) is 0. The van der Waals surface area contributed by atoms with Crippen LogP contribution in [0.1, 0.15) is 28.8 Å². The minimum absolute atomic E-state index is 0.359. The smallest absolute Gasteiger partial charge is 0.354 e. The van der Waals surface area contributed by atoms with Gasteiger partial charge in [-0.2, -0.15) is 13.2 Å². The molecule has 2 amide bonds. The van der Waals surface area contributed by atoms with E-state index in [4.69, 9.17) is 0 Å². The van der Waals surface area contributed by atoms with Crippen molar-refractivity contribution in [2.75, 3.05) is 6.54 Å². The van der Waals surface area contributed by atoms with Gasteiger partial charge in [0.1, 0.15) is 11.9 Å². The lowest BCUT2D eigenvalue weighted by Gasteiger charge is -2.23. The molecular weight excluding hydrogens is 292 g/mol. The molecule has 21 heavy (non-hydrogen) atoms. The Bertz CT molecular complexity index is 572. The van der Waals surface area contributed by atoms with Crippen LogP contribution in [0, 0.1) is 5.82 Å². The zero-order valence-electron chi connectivity index (χ0n) is 10.8. The van der Waals surface area contributed by atoms with Gasteiger partial charge in [0.15, 0.2) is 0 Å². The second-order valence-corrected chi connectivity index (χ2v) is 4.65. The van der Waals surface area contributed by atoms with Crippen LogP contribution >= 0.6 is 0 Å². The summed E-state index contributed by atoms with van der Waals surface area (Å²) in [5.74, 6) is -2.54. The van der Waals surface area contributed by atoms with Crippen molar-refractivity contribution in [3.8, 4) is 0 Å². The fourth-order valence-electron chi connectivity index (χ4n) is 2.02. The number of rotatable bonds is 2. The van der Waals surface area contributed by atoms with Crippen molar-refractivity contribution in [3.63, 3.8) is 0 Å². The van der Waals surface area contributed by atoms with E-state index < -0.39 is 41.0 Å². The quantitative estimate of drug-likeness (QED) is 0.819. The Balaban J connectivity index is 2.20. The highest BCUT2D eigenvalue weighted by molar-refractivity contribution is 5.98. The van der Waals surface area contributed by atoms with Crippen LogP contribution < -0.4 is 10.6 Å². The minimum atomic E-state index is -4.68. The van der Waals surface area contributed by atoms with Crippen LogP contribution in [-0.4, -0.2) is 24.4 Å². The maximum Gasteiger partial charge on any atom is 0.416 e. The van der Waals surface area contributed by atoms with Crippen LogP contribution in [0.15, 0.2) is 18.2 Å². The Kier molecular flexibility index (Phi) is 4.15. The van der Waals surface area contributed by atoms with E-state index in [1.807, 2.05) is 0 Å². The molecule has 114 valence electrons. The Hall–Kier alpha value is -2.12. The number of benzene rings is 1. The molecule has 1 aromatic carbocycles. The molecule has 8 heteroatoms. The molecule has 0 saturated carbocycles. The molecule has 1 fully saturated rings. The minimum Gasteiger partial charge on any atom is -0.354 e. The topological polar surface area (TPSA) is 58.2 Å². The third-order valence-corrected chi connectivity index (χ3v) is 3.13. The first-order valence-corrected chi connectivity index (χ1v) is 6.24. The largest absolute Gasteiger partial charge is 0.416 e. The van der Waals surface area contributed by atoms with Crippen molar-refractivity contribution >= 4 is 11.8 Å². The monoisotopic (exact) mass is 304 g/mol. The highest BCUT2D eigenvalue weighted by Crippen LogP contribution is 2.30. The SMILES string of the molecule is O=C(NC1CCCNC1=O)c1cc(C(F)(F)F)ccc1F. The van der Waals surface area contributed by atoms with Crippen LogP contribution in [0.2, 0.25) is 0 Å². The maximum absolute atomic E-state index is 13.5. The zero-order chi connectivity index (χ0) is 15.6. The van der Waals surface area contributed by atoms with Gasteiger partial charge in [0.2, 0.25) is 5.91 Å². The molecule has 1 saturated heterocycles. The van der Waals surface area contributed by atoms with E-state index in [-0.39, 0.29) is 0 Å². The number of hydrogen-bond acceptors (Lipinski definition) is 2. The Labute approximate surface area is 117 Å². The van der Waals surface area contributed by atoms with E-state index in [1.165, 1.54) is 0 Å². The number of hydrogen-bond donors (Lipinski definition) is 2. The van der Waals surface area contributed by atoms with Gasteiger partial charge in [-0.1, -0.05) is 0 Å². The highest BCUT2D eigenvalue weighted by atomic mass is 19.4. The summed E-state index contributed by atoms with van der Waals surface area (Å²) in [6, 6.07) is 0.712. The molecule has 1 unspecified atom stereocenters. The molecule has 2 rings (SSSR count). The van der Waals surface area contributed by atoms with Gasteiger partial charge in [-0.3, -0.25) is 9.59 Å². The summed E-state index contributed by atoms with van der Waals surface area (Å²) < 4.78 is 51.2. The van der Waals surface area contributed by atoms with Crippen LogP contribution in [-0.2, 0) is 11.0 Å². The van der Waals surface area contributed by atoms with Gasteiger partial charge in [0.25, 0.3) is 5.91 Å². The summed E-state index contributed by atoms with van der Waals surface area (Å²) >= 11 is 0. The van der Waals surface area contributed by atoms with E-state index in [1.54, 1.807) is 0 Å². The number of piperidine rings is 1. The lowest BCUT2D eigenvalue weighted by Crippen LogP contribution is -2.50. The molecule has 0 aromatic heterocycles. The molecule has 2 N–H and O–H groups in total. The normalized spacial score (nSPS) is 19.0. The molecule has 1 atom stereocenters. The Morgan fingerprint density at radius 3 is 2.67 bits per heavy atom. The van der Waals surface area contributed by atoms with Gasteiger partial charge in [-0.15, -0.1) is 0 Å². The fraction of sp³-hybridized carbons (Fsp3) is 0.385. The number of nitrogens with one attached hydrogen (secondary N) is 2. The van der Waals surface area contributed by atoms with Crippen molar-refractivity contribution in [2.45, 2.75) is 25.1 Å². The van der Waals surface area contributed by atoms with Crippen molar-refractivity contribution < 1.29 is 27.2 Å². The molecule has 0 radical (unpaired) electrons. The number of carbonyl (C=O) groups excluding carboxylic acids is 2. The van der Waals surface area contributed by atoms with Gasteiger partial charge in [0.05, 0.1) is 11.1 Å². The molecule has 1 aliphatic rings. The van der Waals surface area contributed by atoms with Crippen molar-refractivity contribution in [2.24, 2.45) is 0 Å². The number of carbonyl (C=O) groups is 2. The second kappa shape index (κ2) is 5.71. The lowest BCUT2D eigenvalue weighted by atomic mass is 10.0. The molecule has 1 aromatic rings. The molecule has 1 heterocycles. The van der Waals surface area contributed by atoms with Gasteiger partial charge >= 0.3 is 6.18 Å². The van der Waals surface area contributed by atoms with Gasteiger partial charge in [-0.05, 0) is 31.0 Å². The average molecular weight is 304 g/mol. The van der Waals surface area contributed by atoms with Crippen molar-refractivity contribution in [1.29, 1.82) is 0 Å². The highest BCUT2D eigenvalue weighted by Gasteiger charge is 2.32. The van der Waals surface area contributed by atoms with Crippen LogP contribution in [0.25, 0.3) is 0 Å². The van der Waals surface area contributed by atoms with E-state index in [0.717, 1.165) is 0 Å². The van der Waals surface area contributed by atoms with Gasteiger partial charge in [-0.25, -0.2) is 4.39 Å². The second-order valence-electron chi connectivity index (χ2n) is 4.65. The first-order chi connectivity index (χ1) is 9.79. The third-order valence-electron chi connectivity index (χ3n) is 3.13. The molecule has 0 bridgehead atoms. The summed E-state index contributed by atoms with van der Waals surface area (Å²) in [6.07, 6.45) is -3.69. The van der Waals surface area contributed by atoms with E-state index in [0.29, 0.717) is 37.6 Å². The lowest BCUT2D eigenvalue weighted by molar-refractivity contribution is -0.137. The first-order valence-electron chi connectivity index (χ1n) is 6.24. The predicted octanol–water partition coefficient (Wildman–Crippen LogP) is 1.85. The number of amides is 2. The Morgan fingerprint density at radius 1 is 1.33 bits per heavy atom. The van der Waals surface area contributed by atoms with Gasteiger partial charge in [0, 0.05) is 6.54 Å². The first kappa shape index (κ1) is 15.3. The molecular formula is C13H12F4N2O2. The van der Waals surface area contributed by atoms with Crippen LogP contribution in [0.5, 0.6) is 0 Å². The van der Waals surface area contributed by atoms with Gasteiger partial charge < -0.3 is 10.6 Å². The average Bonchev–Trinajstić information content (AvgIpc) is 2.40. The van der Waals surface area contributed by atoms with E-state index in [9.17, 15) is 27.2 Å². The summed E-state index contributed by atoms with van der Waals surface area (Å²) in [4.78, 5) is 23.3. The molecule has 0 spiro atoms. The number of halogens is 4. The van der Waals surface area contributed by atoms with Crippen LogP contribution in [0.4, 0.5) is 17.6 Å². The summed E-state index contributed by atoms with van der Waals surface area (Å²) in [5, 5.41) is 4.76. The summed E-state index contributed by atoms with van der Waals surface area (Å²) in [6.45, 7) is 0.475. The van der Waals surface area contributed by atoms with Crippen molar-refractivity contribution in [1.82, 2.24) is 10.6 Å². The van der Waals surface area contributed by atoms with E-state index >= 15 is 0 Å². The fourth-order valence-corrected chi connectivity index (χ4v) is 2.02. The molecule has 0 aliphatic carbocycles. The third kappa shape index (κ3) is 3.50. The van der Waals surface area contributed by atoms with Crippen molar-refractivity contribution in [3.05, 3.63) is 35.1 Å². The molecule has 1 aliphatic heterocycles. The van der Waals surface area contributed by atoms with E-state index in [2.05, 4.69) is 10.6 Å². The Morgan fingerprint density at radius 2 is 2.05 bits per heavy atom. The molecule has 4 nitrogen and oxygen atoms in total.